The molecule has 1 aromatic heterocycles. The first-order valence-corrected chi connectivity index (χ1v) is 10.1. The number of rotatable bonds is 6. The Morgan fingerprint density at radius 3 is 2.50 bits per heavy atom. The van der Waals surface area contributed by atoms with Crippen LogP contribution in [0.5, 0.6) is 0 Å². The van der Waals surface area contributed by atoms with Gasteiger partial charge in [0.05, 0.1) is 17.7 Å². The molecule has 1 aliphatic rings. The Hall–Kier alpha value is -1.14. The highest BCUT2D eigenvalue weighted by Gasteiger charge is 2.22. The maximum Gasteiger partial charge on any atom is 0.191 e. The molecule has 6 heteroatoms. The van der Waals surface area contributed by atoms with Gasteiger partial charge in [-0.1, -0.05) is 26.7 Å². The third kappa shape index (κ3) is 5.74. The average Bonchev–Trinajstić information content (AvgIpc) is 2.81. The van der Waals surface area contributed by atoms with Gasteiger partial charge in [-0.15, -0.1) is 11.3 Å². The zero-order valence-corrected chi connectivity index (χ0v) is 16.5. The number of nitrogens with one attached hydrogen (secondary N) is 2. The molecule has 0 aliphatic carbocycles. The largest absolute Gasteiger partial charge is 0.355 e. The van der Waals surface area contributed by atoms with Crippen molar-refractivity contribution < 1.29 is 0 Å². The van der Waals surface area contributed by atoms with Crippen LogP contribution in [-0.2, 0) is 6.54 Å². The molecule has 0 saturated carbocycles. The van der Waals surface area contributed by atoms with E-state index in [1.54, 1.807) is 11.3 Å². The van der Waals surface area contributed by atoms with Crippen LogP contribution < -0.4 is 10.6 Å². The molecule has 0 bridgehead atoms. The van der Waals surface area contributed by atoms with Gasteiger partial charge in [-0.2, -0.15) is 0 Å². The molecule has 0 aromatic carbocycles. The van der Waals surface area contributed by atoms with Crippen LogP contribution in [0.1, 0.15) is 50.1 Å². The average molecular weight is 352 g/mol. The Morgan fingerprint density at radius 2 is 1.96 bits per heavy atom. The SMILES string of the molecule is CN=C(NCc1scnc1C)NCC(C(C)C)N1CCCCCC1. The number of nitrogens with zero attached hydrogens (tertiary/aromatic N) is 3. The third-order valence-corrected chi connectivity index (χ3v) is 5.78. The molecule has 136 valence electrons. The van der Waals surface area contributed by atoms with Gasteiger partial charge in [0, 0.05) is 24.5 Å². The van der Waals surface area contributed by atoms with Gasteiger partial charge in [-0.05, 0) is 38.8 Å². The predicted molar refractivity (Wildman–Crippen MR) is 104 cm³/mol. The van der Waals surface area contributed by atoms with Crippen LogP contribution in [0.15, 0.2) is 10.5 Å². The summed E-state index contributed by atoms with van der Waals surface area (Å²) in [4.78, 5) is 12.6. The predicted octanol–water partition coefficient (Wildman–Crippen LogP) is 3.02. The van der Waals surface area contributed by atoms with Crippen molar-refractivity contribution in [3.8, 4) is 0 Å². The van der Waals surface area contributed by atoms with E-state index in [9.17, 15) is 0 Å². The number of aliphatic imine (C=N–C) groups is 1. The van der Waals surface area contributed by atoms with Gasteiger partial charge >= 0.3 is 0 Å². The van der Waals surface area contributed by atoms with Crippen LogP contribution >= 0.6 is 11.3 Å². The van der Waals surface area contributed by atoms with Gasteiger partial charge in [0.25, 0.3) is 0 Å². The minimum absolute atomic E-state index is 0.562. The first-order valence-electron chi connectivity index (χ1n) is 9.19. The lowest BCUT2D eigenvalue weighted by Gasteiger charge is -2.34. The van der Waals surface area contributed by atoms with Crippen LogP contribution in [0, 0.1) is 12.8 Å². The fraction of sp³-hybridized carbons (Fsp3) is 0.778. The second-order valence-corrected chi connectivity index (χ2v) is 7.87. The first kappa shape index (κ1) is 19.2. The molecule has 1 saturated heterocycles. The van der Waals surface area contributed by atoms with E-state index in [2.05, 4.69) is 46.3 Å². The highest BCUT2D eigenvalue weighted by Crippen LogP contribution is 2.17. The van der Waals surface area contributed by atoms with Crippen molar-refractivity contribution in [2.24, 2.45) is 10.9 Å². The molecule has 0 spiro atoms. The lowest BCUT2D eigenvalue weighted by molar-refractivity contribution is 0.161. The summed E-state index contributed by atoms with van der Waals surface area (Å²) in [7, 11) is 1.84. The topological polar surface area (TPSA) is 52.6 Å². The smallest absolute Gasteiger partial charge is 0.191 e. The maximum absolute atomic E-state index is 4.37. The highest BCUT2D eigenvalue weighted by molar-refractivity contribution is 7.09. The molecule has 1 aromatic rings. The van der Waals surface area contributed by atoms with E-state index >= 15 is 0 Å². The fourth-order valence-corrected chi connectivity index (χ4v) is 4.01. The zero-order valence-electron chi connectivity index (χ0n) is 15.6. The number of thiazole rings is 1. The molecule has 1 aliphatic heterocycles. The monoisotopic (exact) mass is 351 g/mol. The standard InChI is InChI=1S/C18H33N5S/c1-14(2)16(23-9-7-5-6-8-10-23)11-20-18(19-4)21-12-17-15(3)22-13-24-17/h13-14,16H,5-12H2,1-4H3,(H2,19,20,21). The minimum Gasteiger partial charge on any atom is -0.355 e. The first-order chi connectivity index (χ1) is 11.6. The van der Waals surface area contributed by atoms with E-state index in [-0.39, 0.29) is 0 Å². The molecule has 2 heterocycles. The maximum atomic E-state index is 4.37. The summed E-state index contributed by atoms with van der Waals surface area (Å²) in [6, 6.07) is 0.562. The van der Waals surface area contributed by atoms with Crippen molar-refractivity contribution in [2.75, 3.05) is 26.7 Å². The molecule has 1 fully saturated rings. The molecule has 0 amide bonds. The molecule has 1 atom stereocenters. The Labute approximate surface area is 151 Å². The second kappa shape index (κ2) is 9.99. The van der Waals surface area contributed by atoms with E-state index in [1.165, 1.54) is 43.6 Å². The molecule has 0 radical (unpaired) electrons. The summed E-state index contributed by atoms with van der Waals surface area (Å²) in [5, 5.41) is 6.94. The lowest BCUT2D eigenvalue weighted by Crippen LogP contribution is -2.49. The number of aryl methyl sites for hydroxylation is 1. The van der Waals surface area contributed by atoms with Crippen LogP contribution in [0.25, 0.3) is 0 Å². The quantitative estimate of drug-likeness (QED) is 0.611. The Morgan fingerprint density at radius 1 is 1.25 bits per heavy atom. The van der Waals surface area contributed by atoms with Crippen molar-refractivity contribution in [3.63, 3.8) is 0 Å². The van der Waals surface area contributed by atoms with Gasteiger partial charge in [0.15, 0.2) is 5.96 Å². The summed E-state index contributed by atoms with van der Waals surface area (Å²) in [6.07, 6.45) is 5.43. The molecule has 2 rings (SSSR count). The van der Waals surface area contributed by atoms with E-state index in [0.29, 0.717) is 12.0 Å². The van der Waals surface area contributed by atoms with E-state index in [4.69, 9.17) is 0 Å². The van der Waals surface area contributed by atoms with Gasteiger partial charge < -0.3 is 10.6 Å². The Bertz CT molecular complexity index is 503. The van der Waals surface area contributed by atoms with E-state index < -0.39 is 0 Å². The number of aromatic nitrogens is 1. The summed E-state index contributed by atoms with van der Waals surface area (Å²) in [6.45, 7) is 10.9. The van der Waals surface area contributed by atoms with Crippen LogP contribution in [0.4, 0.5) is 0 Å². The normalized spacial score (nSPS) is 18.5. The third-order valence-electron chi connectivity index (χ3n) is 4.84. The summed E-state index contributed by atoms with van der Waals surface area (Å²) in [5.74, 6) is 1.51. The molecule has 5 nitrogen and oxygen atoms in total. The highest BCUT2D eigenvalue weighted by atomic mass is 32.1. The van der Waals surface area contributed by atoms with E-state index in [0.717, 1.165) is 24.7 Å². The summed E-state index contributed by atoms with van der Waals surface area (Å²) in [5.41, 5.74) is 3.00. The van der Waals surface area contributed by atoms with E-state index in [1.807, 2.05) is 12.6 Å². The van der Waals surface area contributed by atoms with Crippen LogP contribution in [0.3, 0.4) is 0 Å². The molecular weight excluding hydrogens is 318 g/mol. The van der Waals surface area contributed by atoms with Crippen molar-refractivity contribution >= 4 is 17.3 Å². The van der Waals surface area contributed by atoms with Crippen LogP contribution in [-0.4, -0.2) is 48.6 Å². The number of hydrogen-bond acceptors (Lipinski definition) is 4. The molecule has 2 N–H and O–H groups in total. The van der Waals surface area contributed by atoms with Gasteiger partial charge in [0.2, 0.25) is 0 Å². The van der Waals surface area contributed by atoms with Crippen LogP contribution in [0.2, 0.25) is 0 Å². The second-order valence-electron chi connectivity index (χ2n) is 6.93. The van der Waals surface area contributed by atoms with Crippen molar-refractivity contribution in [1.82, 2.24) is 20.5 Å². The summed E-state index contributed by atoms with van der Waals surface area (Å²) < 4.78 is 0. The molecule has 24 heavy (non-hydrogen) atoms. The number of guanidine groups is 1. The number of likely N-dealkylation sites (tertiary alicyclic amines) is 1. The number of hydrogen-bond donors (Lipinski definition) is 2. The van der Waals surface area contributed by atoms with Crippen molar-refractivity contribution in [3.05, 3.63) is 16.1 Å². The Balaban J connectivity index is 1.85. The van der Waals surface area contributed by atoms with Crippen molar-refractivity contribution in [1.29, 1.82) is 0 Å². The summed E-state index contributed by atoms with van der Waals surface area (Å²) >= 11 is 1.69. The minimum atomic E-state index is 0.562. The Kier molecular flexibility index (Phi) is 7.99. The van der Waals surface area contributed by atoms with Crippen molar-refractivity contribution in [2.45, 2.75) is 59.0 Å². The van der Waals surface area contributed by atoms with Gasteiger partial charge in [-0.25, -0.2) is 4.98 Å². The zero-order chi connectivity index (χ0) is 17.4. The molecular formula is C18H33N5S. The fourth-order valence-electron chi connectivity index (χ4n) is 3.29. The lowest BCUT2D eigenvalue weighted by atomic mass is 10.0. The van der Waals surface area contributed by atoms with Gasteiger partial charge in [-0.3, -0.25) is 9.89 Å². The molecule has 1 unspecified atom stereocenters. The van der Waals surface area contributed by atoms with Gasteiger partial charge in [0.1, 0.15) is 0 Å².